The predicted octanol–water partition coefficient (Wildman–Crippen LogP) is 1.92. The third-order valence-corrected chi connectivity index (χ3v) is 4.52. The number of nitrogens with zero attached hydrogens (tertiary/aromatic N) is 3. The predicted molar refractivity (Wildman–Crippen MR) is 71.5 cm³/mol. The van der Waals surface area contributed by atoms with Crippen molar-refractivity contribution >= 4 is 10.0 Å². The fourth-order valence-corrected chi connectivity index (χ4v) is 2.84. The molecule has 0 aromatic carbocycles. The van der Waals surface area contributed by atoms with Crippen LogP contribution >= 0.6 is 0 Å². The molecule has 0 atom stereocenters. The Morgan fingerprint density at radius 3 is 2.65 bits per heavy atom. The third kappa shape index (κ3) is 2.75. The highest BCUT2D eigenvalue weighted by atomic mass is 32.2. The number of aryl methyl sites for hydroxylation is 1. The van der Waals surface area contributed by atoms with Crippen molar-refractivity contribution in [1.82, 2.24) is 14.5 Å². The second-order valence-corrected chi connectivity index (χ2v) is 6.31. The maximum Gasteiger partial charge on any atom is 0.276 e. The zero-order chi connectivity index (χ0) is 14.8. The van der Waals surface area contributed by atoms with Gasteiger partial charge >= 0.3 is 0 Å². The second-order valence-electron chi connectivity index (χ2n) is 4.34. The Hall–Kier alpha value is -1.67. The van der Waals surface area contributed by atoms with E-state index in [0.29, 0.717) is 24.4 Å². The van der Waals surface area contributed by atoms with Gasteiger partial charge in [-0.2, -0.15) is 4.31 Å². The summed E-state index contributed by atoms with van der Waals surface area (Å²) in [6.07, 6.45) is 2.65. The van der Waals surface area contributed by atoms with E-state index in [0.717, 1.165) is 6.42 Å². The van der Waals surface area contributed by atoms with Gasteiger partial charge in [-0.15, -0.1) is 10.2 Å². The minimum Gasteiger partial charge on any atom is -0.451 e. The van der Waals surface area contributed by atoms with Gasteiger partial charge in [0.15, 0.2) is 0 Å². The van der Waals surface area contributed by atoms with E-state index in [1.54, 1.807) is 0 Å². The van der Waals surface area contributed by atoms with Crippen LogP contribution in [0.1, 0.15) is 26.2 Å². The fraction of sp³-hybridized carbons (Fsp3) is 0.500. The Kier molecular flexibility index (Phi) is 4.24. The van der Waals surface area contributed by atoms with Gasteiger partial charge in [0.2, 0.25) is 11.0 Å². The Morgan fingerprint density at radius 2 is 2.05 bits per heavy atom. The van der Waals surface area contributed by atoms with Crippen LogP contribution in [-0.2, 0) is 16.4 Å². The molecule has 0 N–H and O–H groups in total. The summed E-state index contributed by atoms with van der Waals surface area (Å²) in [6, 6.07) is 1.40. The summed E-state index contributed by atoms with van der Waals surface area (Å²) in [4.78, 5) is 0. The van der Waals surface area contributed by atoms with Crippen LogP contribution < -0.4 is 0 Å². The molecule has 0 spiro atoms. The van der Waals surface area contributed by atoms with Crippen molar-refractivity contribution in [3.8, 4) is 11.5 Å². The SMILES string of the molecule is CCCN(C)S(=O)(=O)c1cc(-c2nnc(CC)o2)co1. The lowest BCUT2D eigenvalue weighted by molar-refractivity contribution is 0.409. The molecule has 0 aliphatic rings. The van der Waals surface area contributed by atoms with Gasteiger partial charge in [0.1, 0.15) is 6.26 Å². The zero-order valence-corrected chi connectivity index (χ0v) is 12.5. The summed E-state index contributed by atoms with van der Waals surface area (Å²) < 4.78 is 36.1. The number of sulfonamides is 1. The van der Waals surface area contributed by atoms with Crippen LogP contribution in [0.5, 0.6) is 0 Å². The van der Waals surface area contributed by atoms with Crippen LogP contribution in [0.25, 0.3) is 11.5 Å². The molecule has 2 aromatic heterocycles. The van der Waals surface area contributed by atoms with Crippen LogP contribution in [0.3, 0.4) is 0 Å². The summed E-state index contributed by atoms with van der Waals surface area (Å²) in [7, 11) is -2.09. The Labute approximate surface area is 117 Å². The molecule has 0 saturated heterocycles. The number of hydrogen-bond donors (Lipinski definition) is 0. The van der Waals surface area contributed by atoms with E-state index in [-0.39, 0.29) is 11.0 Å². The number of aromatic nitrogens is 2. The Morgan fingerprint density at radius 1 is 1.30 bits per heavy atom. The van der Waals surface area contributed by atoms with Gasteiger partial charge in [-0.3, -0.25) is 0 Å². The largest absolute Gasteiger partial charge is 0.451 e. The lowest BCUT2D eigenvalue weighted by Gasteiger charge is -2.13. The first kappa shape index (κ1) is 14.7. The molecule has 7 nitrogen and oxygen atoms in total. The van der Waals surface area contributed by atoms with Crippen LogP contribution in [0.2, 0.25) is 0 Å². The quantitative estimate of drug-likeness (QED) is 0.809. The highest BCUT2D eigenvalue weighted by Crippen LogP contribution is 2.25. The van der Waals surface area contributed by atoms with Crippen molar-refractivity contribution in [3.63, 3.8) is 0 Å². The Bertz CT molecular complexity index is 674. The summed E-state index contributed by atoms with van der Waals surface area (Å²) in [6.45, 7) is 4.23. The van der Waals surface area contributed by atoms with E-state index in [1.165, 1.54) is 23.7 Å². The van der Waals surface area contributed by atoms with Gasteiger partial charge in [0.25, 0.3) is 15.9 Å². The topological polar surface area (TPSA) is 89.4 Å². The molecule has 0 saturated carbocycles. The van der Waals surface area contributed by atoms with Crippen LogP contribution in [0, 0.1) is 0 Å². The molecule has 2 rings (SSSR count). The normalized spacial score (nSPS) is 12.2. The van der Waals surface area contributed by atoms with Crippen molar-refractivity contribution in [3.05, 3.63) is 18.2 Å². The molecule has 2 heterocycles. The monoisotopic (exact) mass is 299 g/mol. The first-order chi connectivity index (χ1) is 9.48. The van der Waals surface area contributed by atoms with Crippen molar-refractivity contribution in [1.29, 1.82) is 0 Å². The van der Waals surface area contributed by atoms with Crippen molar-refractivity contribution in [2.24, 2.45) is 0 Å². The van der Waals surface area contributed by atoms with Crippen LogP contribution in [0.4, 0.5) is 0 Å². The summed E-state index contributed by atoms with van der Waals surface area (Å²) in [5.41, 5.74) is 0.459. The van der Waals surface area contributed by atoms with E-state index in [9.17, 15) is 8.42 Å². The molecule has 0 fully saturated rings. The van der Waals surface area contributed by atoms with E-state index >= 15 is 0 Å². The van der Waals surface area contributed by atoms with Crippen LogP contribution in [-0.4, -0.2) is 36.5 Å². The maximum atomic E-state index is 12.2. The first-order valence-corrected chi connectivity index (χ1v) is 7.80. The molecular weight excluding hydrogens is 282 g/mol. The van der Waals surface area contributed by atoms with Crippen molar-refractivity contribution in [2.45, 2.75) is 31.8 Å². The summed E-state index contributed by atoms with van der Waals surface area (Å²) >= 11 is 0. The number of hydrogen-bond acceptors (Lipinski definition) is 6. The van der Waals surface area contributed by atoms with Gasteiger partial charge in [-0.05, 0) is 6.42 Å². The van der Waals surface area contributed by atoms with Gasteiger partial charge in [-0.1, -0.05) is 13.8 Å². The molecular formula is C12H17N3O4S. The molecule has 0 bridgehead atoms. The van der Waals surface area contributed by atoms with E-state index < -0.39 is 10.0 Å². The minimum atomic E-state index is -3.61. The number of rotatable bonds is 6. The average Bonchev–Trinajstić information content (AvgIpc) is 3.07. The van der Waals surface area contributed by atoms with Gasteiger partial charge in [0, 0.05) is 26.1 Å². The zero-order valence-electron chi connectivity index (χ0n) is 11.7. The molecule has 0 amide bonds. The van der Waals surface area contributed by atoms with E-state index in [1.807, 2.05) is 13.8 Å². The molecule has 0 radical (unpaired) electrons. The van der Waals surface area contributed by atoms with Gasteiger partial charge < -0.3 is 8.83 Å². The standard InChI is InChI=1S/C12H17N3O4S/c1-4-6-15(3)20(16,17)11-7-9(8-18-11)12-14-13-10(5-2)19-12/h7-8H,4-6H2,1-3H3. The highest BCUT2D eigenvalue weighted by Gasteiger charge is 2.25. The number of furan rings is 1. The molecule has 0 unspecified atom stereocenters. The molecule has 0 aliphatic heterocycles. The second kappa shape index (κ2) is 5.76. The Balaban J connectivity index is 2.29. The maximum absolute atomic E-state index is 12.2. The molecule has 0 aliphatic carbocycles. The third-order valence-electron chi connectivity index (χ3n) is 2.79. The summed E-state index contributed by atoms with van der Waals surface area (Å²) in [5.74, 6) is 0.749. The van der Waals surface area contributed by atoms with Gasteiger partial charge in [-0.25, -0.2) is 8.42 Å². The lowest BCUT2D eigenvalue weighted by Crippen LogP contribution is -2.27. The van der Waals surface area contributed by atoms with Gasteiger partial charge in [0.05, 0.1) is 5.56 Å². The van der Waals surface area contributed by atoms with Crippen molar-refractivity contribution in [2.75, 3.05) is 13.6 Å². The van der Waals surface area contributed by atoms with E-state index in [4.69, 9.17) is 8.83 Å². The minimum absolute atomic E-state index is 0.125. The molecule has 20 heavy (non-hydrogen) atoms. The smallest absolute Gasteiger partial charge is 0.276 e. The summed E-state index contributed by atoms with van der Waals surface area (Å²) in [5, 5.41) is 7.55. The molecule has 110 valence electrons. The van der Waals surface area contributed by atoms with E-state index in [2.05, 4.69) is 10.2 Å². The first-order valence-electron chi connectivity index (χ1n) is 6.36. The lowest BCUT2D eigenvalue weighted by atomic mass is 10.3. The average molecular weight is 299 g/mol. The van der Waals surface area contributed by atoms with Crippen LogP contribution in [0.15, 0.2) is 26.3 Å². The molecule has 2 aromatic rings. The fourth-order valence-electron chi connectivity index (χ4n) is 1.67. The molecule has 8 heteroatoms. The van der Waals surface area contributed by atoms with Crippen molar-refractivity contribution < 1.29 is 17.3 Å². The highest BCUT2D eigenvalue weighted by molar-refractivity contribution is 7.89.